The van der Waals surface area contributed by atoms with Gasteiger partial charge in [-0.05, 0) is 29.9 Å². The zero-order chi connectivity index (χ0) is 13.2. The maximum atomic E-state index is 6.17. The molecule has 1 aliphatic carbocycles. The van der Waals surface area contributed by atoms with Crippen LogP contribution in [0.2, 0.25) is 0 Å². The summed E-state index contributed by atoms with van der Waals surface area (Å²) >= 11 is 0. The van der Waals surface area contributed by atoms with Crippen molar-refractivity contribution in [2.45, 2.75) is 51.9 Å². The van der Waals surface area contributed by atoms with Crippen molar-refractivity contribution in [2.24, 2.45) is 16.6 Å². The van der Waals surface area contributed by atoms with E-state index in [2.05, 4.69) is 39.0 Å². The number of rotatable bonds is 2. The number of aliphatic imine (C=N–C) groups is 1. The van der Waals surface area contributed by atoms with Crippen LogP contribution in [0.1, 0.15) is 52.0 Å². The number of hydrogen-bond acceptors (Lipinski definition) is 1. The number of nitrogens with two attached hydrogens (primary N) is 1. The number of benzene rings is 1. The van der Waals surface area contributed by atoms with Gasteiger partial charge in [-0.1, -0.05) is 51.8 Å². The number of para-hydroxylation sites is 1. The lowest BCUT2D eigenvalue weighted by molar-refractivity contribution is 0.591. The van der Waals surface area contributed by atoms with Gasteiger partial charge in [0.15, 0.2) is 0 Å². The van der Waals surface area contributed by atoms with Gasteiger partial charge in [-0.25, -0.2) is 4.99 Å². The largest absolute Gasteiger partial charge is 0.387 e. The molecule has 2 nitrogen and oxygen atoms in total. The second kappa shape index (κ2) is 5.13. The van der Waals surface area contributed by atoms with Crippen LogP contribution < -0.4 is 5.73 Å². The summed E-state index contributed by atoms with van der Waals surface area (Å²) in [5.41, 5.74) is 8.59. The Labute approximate surface area is 110 Å². The van der Waals surface area contributed by atoms with Crippen molar-refractivity contribution in [3.8, 4) is 0 Å². The minimum atomic E-state index is 0.107. The van der Waals surface area contributed by atoms with Gasteiger partial charge in [-0.15, -0.1) is 0 Å². The number of amidine groups is 1. The molecule has 1 aromatic rings. The van der Waals surface area contributed by atoms with E-state index in [4.69, 9.17) is 10.7 Å². The van der Waals surface area contributed by atoms with Crippen LogP contribution in [0.5, 0.6) is 0 Å². The summed E-state index contributed by atoms with van der Waals surface area (Å²) in [5, 5.41) is 0. The van der Waals surface area contributed by atoms with E-state index in [1.807, 2.05) is 6.07 Å². The Morgan fingerprint density at radius 1 is 1.17 bits per heavy atom. The Morgan fingerprint density at radius 3 is 2.39 bits per heavy atom. The summed E-state index contributed by atoms with van der Waals surface area (Å²) in [7, 11) is 0. The predicted octanol–water partition coefficient (Wildman–Crippen LogP) is 4.16. The third-order valence-electron chi connectivity index (χ3n) is 3.74. The van der Waals surface area contributed by atoms with Crippen molar-refractivity contribution in [1.82, 2.24) is 0 Å². The Hall–Kier alpha value is -1.31. The van der Waals surface area contributed by atoms with Gasteiger partial charge >= 0.3 is 0 Å². The van der Waals surface area contributed by atoms with Gasteiger partial charge in [0.05, 0.1) is 5.69 Å². The molecule has 0 bridgehead atoms. The maximum absolute atomic E-state index is 6.17. The molecule has 0 spiro atoms. The first-order valence-corrected chi connectivity index (χ1v) is 6.92. The third-order valence-corrected chi connectivity index (χ3v) is 3.74. The molecule has 1 fully saturated rings. The lowest BCUT2D eigenvalue weighted by Crippen LogP contribution is -2.21. The molecule has 0 atom stereocenters. The van der Waals surface area contributed by atoms with E-state index in [9.17, 15) is 0 Å². The highest BCUT2D eigenvalue weighted by Gasteiger charge is 2.21. The van der Waals surface area contributed by atoms with Gasteiger partial charge in [0, 0.05) is 5.92 Å². The first-order valence-electron chi connectivity index (χ1n) is 6.92. The zero-order valence-electron chi connectivity index (χ0n) is 11.7. The predicted molar refractivity (Wildman–Crippen MR) is 78.4 cm³/mol. The topological polar surface area (TPSA) is 38.4 Å². The lowest BCUT2D eigenvalue weighted by Gasteiger charge is -2.21. The molecule has 0 saturated heterocycles. The summed E-state index contributed by atoms with van der Waals surface area (Å²) in [5.74, 6) is 1.32. The van der Waals surface area contributed by atoms with Crippen LogP contribution in [-0.4, -0.2) is 5.84 Å². The molecular formula is C16H24N2. The van der Waals surface area contributed by atoms with E-state index in [0.29, 0.717) is 5.92 Å². The fraction of sp³-hybridized carbons (Fsp3) is 0.562. The van der Waals surface area contributed by atoms with E-state index in [-0.39, 0.29) is 5.41 Å². The van der Waals surface area contributed by atoms with Crippen molar-refractivity contribution >= 4 is 11.5 Å². The van der Waals surface area contributed by atoms with Crippen molar-refractivity contribution < 1.29 is 0 Å². The molecule has 0 radical (unpaired) electrons. The summed E-state index contributed by atoms with van der Waals surface area (Å²) in [6.45, 7) is 6.65. The minimum Gasteiger partial charge on any atom is -0.387 e. The molecule has 2 rings (SSSR count). The number of nitrogens with zero attached hydrogens (tertiary/aromatic N) is 1. The summed E-state index contributed by atoms with van der Waals surface area (Å²) in [6, 6.07) is 8.34. The van der Waals surface area contributed by atoms with Crippen LogP contribution in [0.15, 0.2) is 29.3 Å². The standard InChI is InChI=1S/C16H24N2/c1-16(2,3)13-10-6-7-11-14(13)18-15(17)12-8-4-5-9-12/h6-7,10-12H,4-5,8-9H2,1-3H3,(H2,17,18). The van der Waals surface area contributed by atoms with Crippen LogP contribution in [0, 0.1) is 5.92 Å². The fourth-order valence-electron chi connectivity index (χ4n) is 2.66. The molecule has 0 heterocycles. The van der Waals surface area contributed by atoms with Gasteiger partial charge in [0.25, 0.3) is 0 Å². The molecule has 0 aromatic heterocycles. The summed E-state index contributed by atoms with van der Waals surface area (Å²) in [4.78, 5) is 4.70. The van der Waals surface area contributed by atoms with E-state index in [0.717, 1.165) is 11.5 Å². The smallest absolute Gasteiger partial charge is 0.103 e. The highest BCUT2D eigenvalue weighted by Crippen LogP contribution is 2.32. The Morgan fingerprint density at radius 2 is 1.78 bits per heavy atom. The molecule has 2 heteroatoms. The molecule has 98 valence electrons. The van der Waals surface area contributed by atoms with Gasteiger partial charge < -0.3 is 5.73 Å². The van der Waals surface area contributed by atoms with Gasteiger partial charge in [0.1, 0.15) is 5.84 Å². The molecule has 1 aliphatic rings. The van der Waals surface area contributed by atoms with Crippen LogP contribution in [-0.2, 0) is 5.41 Å². The molecule has 0 unspecified atom stereocenters. The normalized spacial score (nSPS) is 18.3. The minimum absolute atomic E-state index is 0.107. The molecule has 1 aromatic carbocycles. The second-order valence-electron chi connectivity index (χ2n) is 6.29. The first-order chi connectivity index (χ1) is 8.48. The monoisotopic (exact) mass is 244 g/mol. The molecule has 0 amide bonds. The Kier molecular flexibility index (Phi) is 3.74. The lowest BCUT2D eigenvalue weighted by atomic mass is 9.86. The number of hydrogen-bond donors (Lipinski definition) is 1. The first kappa shape index (κ1) is 13.1. The zero-order valence-corrected chi connectivity index (χ0v) is 11.7. The van der Waals surface area contributed by atoms with E-state index >= 15 is 0 Å². The molecule has 18 heavy (non-hydrogen) atoms. The van der Waals surface area contributed by atoms with Crippen molar-refractivity contribution in [2.75, 3.05) is 0 Å². The average Bonchev–Trinajstić information content (AvgIpc) is 2.81. The SMILES string of the molecule is CC(C)(C)c1ccccc1N=C(N)C1CCCC1. The third kappa shape index (κ3) is 2.92. The molecule has 1 saturated carbocycles. The average molecular weight is 244 g/mol. The highest BCUT2D eigenvalue weighted by atomic mass is 14.9. The molecule has 2 N–H and O–H groups in total. The van der Waals surface area contributed by atoms with Gasteiger partial charge in [-0.2, -0.15) is 0 Å². The van der Waals surface area contributed by atoms with Crippen LogP contribution in [0.4, 0.5) is 5.69 Å². The maximum Gasteiger partial charge on any atom is 0.103 e. The van der Waals surface area contributed by atoms with Crippen LogP contribution >= 0.6 is 0 Å². The highest BCUT2D eigenvalue weighted by molar-refractivity contribution is 5.86. The fourth-order valence-corrected chi connectivity index (χ4v) is 2.66. The summed E-state index contributed by atoms with van der Waals surface area (Å²) in [6.07, 6.45) is 4.99. The Balaban J connectivity index is 2.30. The van der Waals surface area contributed by atoms with Crippen molar-refractivity contribution in [3.05, 3.63) is 29.8 Å². The van der Waals surface area contributed by atoms with Crippen LogP contribution in [0.25, 0.3) is 0 Å². The molecular weight excluding hydrogens is 220 g/mol. The summed E-state index contributed by atoms with van der Waals surface area (Å²) < 4.78 is 0. The Bertz CT molecular complexity index is 435. The van der Waals surface area contributed by atoms with Crippen LogP contribution in [0.3, 0.4) is 0 Å². The van der Waals surface area contributed by atoms with E-state index in [1.165, 1.54) is 31.2 Å². The quantitative estimate of drug-likeness (QED) is 0.615. The molecule has 0 aliphatic heterocycles. The van der Waals surface area contributed by atoms with E-state index in [1.54, 1.807) is 0 Å². The van der Waals surface area contributed by atoms with E-state index < -0.39 is 0 Å². The second-order valence-corrected chi connectivity index (χ2v) is 6.29. The van der Waals surface area contributed by atoms with Crippen molar-refractivity contribution in [3.63, 3.8) is 0 Å². The van der Waals surface area contributed by atoms with Crippen molar-refractivity contribution in [1.29, 1.82) is 0 Å². The van der Waals surface area contributed by atoms with Gasteiger partial charge in [-0.3, -0.25) is 0 Å². The van der Waals surface area contributed by atoms with Gasteiger partial charge in [0.2, 0.25) is 0 Å².